The number of thiophene rings is 1. The first-order chi connectivity index (χ1) is 8.20. The van der Waals surface area contributed by atoms with Gasteiger partial charge in [-0.3, -0.25) is 4.68 Å². The van der Waals surface area contributed by atoms with E-state index in [0.717, 1.165) is 6.54 Å². The third-order valence-corrected chi connectivity index (χ3v) is 4.06. The van der Waals surface area contributed by atoms with Crippen molar-refractivity contribution in [1.82, 2.24) is 15.1 Å². The Hall–Kier alpha value is -1.13. The summed E-state index contributed by atoms with van der Waals surface area (Å²) < 4.78 is 1.84. The SMILES string of the molecule is CCCNC(C)c1ccc(-c2cnn(C)c2)s1. The maximum atomic E-state index is 4.20. The molecule has 17 heavy (non-hydrogen) atoms. The number of hydrogen-bond acceptors (Lipinski definition) is 3. The van der Waals surface area contributed by atoms with Crippen molar-refractivity contribution in [2.24, 2.45) is 7.05 Å². The molecule has 0 fully saturated rings. The molecule has 1 atom stereocenters. The van der Waals surface area contributed by atoms with Gasteiger partial charge in [0.1, 0.15) is 0 Å². The summed E-state index contributed by atoms with van der Waals surface area (Å²) in [5.74, 6) is 0. The molecule has 92 valence electrons. The molecule has 3 nitrogen and oxygen atoms in total. The predicted octanol–water partition coefficient (Wildman–Crippen LogP) is 3.21. The van der Waals surface area contributed by atoms with E-state index in [1.807, 2.05) is 29.3 Å². The lowest BCUT2D eigenvalue weighted by Crippen LogP contribution is -2.18. The van der Waals surface area contributed by atoms with Gasteiger partial charge >= 0.3 is 0 Å². The van der Waals surface area contributed by atoms with Crippen LogP contribution in [0.25, 0.3) is 10.4 Å². The van der Waals surface area contributed by atoms with Crippen molar-refractivity contribution in [3.63, 3.8) is 0 Å². The topological polar surface area (TPSA) is 29.9 Å². The number of aromatic nitrogens is 2. The predicted molar refractivity (Wildman–Crippen MR) is 73.2 cm³/mol. The molecule has 2 heterocycles. The summed E-state index contributed by atoms with van der Waals surface area (Å²) in [6.07, 6.45) is 5.14. The summed E-state index contributed by atoms with van der Waals surface area (Å²) in [4.78, 5) is 2.68. The smallest absolute Gasteiger partial charge is 0.0576 e. The zero-order chi connectivity index (χ0) is 12.3. The van der Waals surface area contributed by atoms with Gasteiger partial charge in [0, 0.05) is 34.6 Å². The lowest BCUT2D eigenvalue weighted by atomic mass is 10.2. The van der Waals surface area contributed by atoms with Gasteiger partial charge in [0.05, 0.1) is 6.20 Å². The average Bonchev–Trinajstić information content (AvgIpc) is 2.93. The van der Waals surface area contributed by atoms with Crippen molar-refractivity contribution in [2.75, 3.05) is 6.54 Å². The van der Waals surface area contributed by atoms with Crippen LogP contribution in [-0.2, 0) is 7.05 Å². The van der Waals surface area contributed by atoms with E-state index < -0.39 is 0 Å². The molecule has 0 aromatic carbocycles. The molecule has 0 amide bonds. The van der Waals surface area contributed by atoms with Gasteiger partial charge < -0.3 is 5.32 Å². The molecular formula is C13H19N3S. The molecule has 2 aromatic rings. The minimum atomic E-state index is 0.436. The fourth-order valence-electron chi connectivity index (χ4n) is 1.75. The maximum Gasteiger partial charge on any atom is 0.0576 e. The third-order valence-electron chi connectivity index (χ3n) is 2.74. The highest BCUT2D eigenvalue weighted by Crippen LogP contribution is 2.30. The zero-order valence-corrected chi connectivity index (χ0v) is 11.4. The highest BCUT2D eigenvalue weighted by atomic mass is 32.1. The van der Waals surface area contributed by atoms with Gasteiger partial charge in [-0.05, 0) is 32.0 Å². The first-order valence-electron chi connectivity index (χ1n) is 6.03. The normalized spacial score (nSPS) is 12.9. The molecule has 1 N–H and O–H groups in total. The van der Waals surface area contributed by atoms with E-state index in [1.54, 1.807) is 0 Å². The average molecular weight is 249 g/mol. The second-order valence-corrected chi connectivity index (χ2v) is 5.40. The van der Waals surface area contributed by atoms with E-state index in [-0.39, 0.29) is 0 Å². The van der Waals surface area contributed by atoms with Crippen molar-refractivity contribution in [1.29, 1.82) is 0 Å². The summed E-state index contributed by atoms with van der Waals surface area (Å²) in [5.41, 5.74) is 1.20. The van der Waals surface area contributed by atoms with Crippen LogP contribution in [0.2, 0.25) is 0 Å². The van der Waals surface area contributed by atoms with E-state index in [2.05, 4.69) is 42.6 Å². The molecule has 0 saturated heterocycles. The molecule has 2 rings (SSSR count). The molecule has 4 heteroatoms. The van der Waals surface area contributed by atoms with Crippen LogP contribution < -0.4 is 5.32 Å². The summed E-state index contributed by atoms with van der Waals surface area (Å²) >= 11 is 1.84. The van der Waals surface area contributed by atoms with Gasteiger partial charge in [-0.15, -0.1) is 11.3 Å². The number of rotatable bonds is 5. The summed E-state index contributed by atoms with van der Waals surface area (Å²) in [6.45, 7) is 5.48. The fraction of sp³-hybridized carbons (Fsp3) is 0.462. The van der Waals surface area contributed by atoms with Crippen LogP contribution in [0, 0.1) is 0 Å². The van der Waals surface area contributed by atoms with Crippen molar-refractivity contribution < 1.29 is 0 Å². The second-order valence-electron chi connectivity index (χ2n) is 4.28. The molecule has 0 aliphatic carbocycles. The second kappa shape index (κ2) is 5.47. The molecule has 0 aliphatic rings. The molecule has 1 unspecified atom stereocenters. The zero-order valence-electron chi connectivity index (χ0n) is 10.6. The Kier molecular flexibility index (Phi) is 3.97. The highest BCUT2D eigenvalue weighted by molar-refractivity contribution is 7.15. The number of nitrogens with one attached hydrogen (secondary N) is 1. The minimum Gasteiger partial charge on any atom is -0.309 e. The van der Waals surface area contributed by atoms with Crippen molar-refractivity contribution in [2.45, 2.75) is 26.3 Å². The Morgan fingerprint density at radius 2 is 2.29 bits per heavy atom. The number of aryl methyl sites for hydroxylation is 1. The van der Waals surface area contributed by atoms with Crippen LogP contribution in [0.4, 0.5) is 0 Å². The van der Waals surface area contributed by atoms with Gasteiger partial charge in [0.15, 0.2) is 0 Å². The standard InChI is InChI=1S/C13H19N3S/c1-4-7-14-10(2)12-5-6-13(17-12)11-8-15-16(3)9-11/h5-6,8-10,14H,4,7H2,1-3H3. The van der Waals surface area contributed by atoms with Crippen LogP contribution >= 0.6 is 11.3 Å². The van der Waals surface area contributed by atoms with Crippen LogP contribution in [0.5, 0.6) is 0 Å². The van der Waals surface area contributed by atoms with Gasteiger partial charge in [-0.2, -0.15) is 5.10 Å². The first-order valence-corrected chi connectivity index (χ1v) is 6.84. The van der Waals surface area contributed by atoms with Crippen LogP contribution in [0.1, 0.15) is 31.2 Å². The van der Waals surface area contributed by atoms with Gasteiger partial charge in [0.2, 0.25) is 0 Å². The number of nitrogens with zero attached hydrogens (tertiary/aromatic N) is 2. The van der Waals surface area contributed by atoms with Gasteiger partial charge in [-0.25, -0.2) is 0 Å². The van der Waals surface area contributed by atoms with Crippen molar-refractivity contribution in [3.05, 3.63) is 29.4 Å². The first kappa shape index (κ1) is 12.3. The van der Waals surface area contributed by atoms with Crippen LogP contribution in [0.3, 0.4) is 0 Å². The minimum absolute atomic E-state index is 0.436. The fourth-order valence-corrected chi connectivity index (χ4v) is 2.76. The molecule has 0 spiro atoms. The molecule has 0 saturated carbocycles. The summed E-state index contributed by atoms with van der Waals surface area (Å²) in [6, 6.07) is 4.83. The Balaban J connectivity index is 2.10. The van der Waals surface area contributed by atoms with Crippen molar-refractivity contribution in [3.8, 4) is 10.4 Å². The highest BCUT2D eigenvalue weighted by Gasteiger charge is 2.09. The molecule has 2 aromatic heterocycles. The lowest BCUT2D eigenvalue weighted by Gasteiger charge is -2.10. The summed E-state index contributed by atoms with van der Waals surface area (Å²) in [5, 5.41) is 7.71. The molecule has 0 bridgehead atoms. The molecule has 0 radical (unpaired) electrons. The Labute approximate surface area is 106 Å². The van der Waals surface area contributed by atoms with E-state index in [1.165, 1.54) is 21.7 Å². The van der Waals surface area contributed by atoms with Gasteiger partial charge in [-0.1, -0.05) is 6.92 Å². The van der Waals surface area contributed by atoms with Crippen molar-refractivity contribution >= 4 is 11.3 Å². The van der Waals surface area contributed by atoms with E-state index in [9.17, 15) is 0 Å². The quantitative estimate of drug-likeness (QED) is 0.882. The Morgan fingerprint density at radius 1 is 1.47 bits per heavy atom. The van der Waals surface area contributed by atoms with Crippen LogP contribution in [0.15, 0.2) is 24.5 Å². The lowest BCUT2D eigenvalue weighted by molar-refractivity contribution is 0.578. The largest absolute Gasteiger partial charge is 0.309 e. The van der Waals surface area contributed by atoms with E-state index in [0.29, 0.717) is 6.04 Å². The molecule has 0 aliphatic heterocycles. The Morgan fingerprint density at radius 3 is 2.94 bits per heavy atom. The van der Waals surface area contributed by atoms with Gasteiger partial charge in [0.25, 0.3) is 0 Å². The number of hydrogen-bond donors (Lipinski definition) is 1. The third kappa shape index (κ3) is 2.96. The van der Waals surface area contributed by atoms with E-state index in [4.69, 9.17) is 0 Å². The van der Waals surface area contributed by atoms with E-state index >= 15 is 0 Å². The maximum absolute atomic E-state index is 4.20. The Bertz CT molecular complexity index is 472. The van der Waals surface area contributed by atoms with Crippen LogP contribution in [-0.4, -0.2) is 16.3 Å². The monoisotopic (exact) mass is 249 g/mol. The summed E-state index contributed by atoms with van der Waals surface area (Å²) in [7, 11) is 1.95. The molecular weight excluding hydrogens is 230 g/mol.